The number of carbonyl (C=O) groups is 2. The number of carbonyl (C=O) groups excluding carboxylic acids is 1. The molecular formula is C25H26BrN3O5S. The highest BCUT2D eigenvalue weighted by Crippen LogP contribution is 2.23. The molecule has 1 unspecified atom stereocenters. The Kier molecular flexibility index (Phi) is 9.53. The summed E-state index contributed by atoms with van der Waals surface area (Å²) in [7, 11) is -4.01. The number of amides is 1. The lowest BCUT2D eigenvalue weighted by atomic mass is 10.1. The van der Waals surface area contributed by atoms with E-state index in [1.807, 2.05) is 30.3 Å². The molecule has 1 amide bonds. The molecule has 10 heteroatoms. The first kappa shape index (κ1) is 26.5. The average Bonchev–Trinajstić information content (AvgIpc) is 2.84. The van der Waals surface area contributed by atoms with Crippen molar-refractivity contribution in [3.63, 3.8) is 0 Å². The van der Waals surface area contributed by atoms with Crippen molar-refractivity contribution in [2.45, 2.75) is 36.6 Å². The van der Waals surface area contributed by atoms with Crippen molar-refractivity contribution < 1.29 is 23.1 Å². The number of benzene rings is 2. The van der Waals surface area contributed by atoms with E-state index in [4.69, 9.17) is 0 Å². The van der Waals surface area contributed by atoms with E-state index in [1.54, 1.807) is 30.6 Å². The first-order chi connectivity index (χ1) is 16.7. The van der Waals surface area contributed by atoms with Crippen LogP contribution in [0.4, 0.5) is 0 Å². The molecule has 0 fully saturated rings. The fourth-order valence-electron chi connectivity index (χ4n) is 3.41. The normalized spacial score (nSPS) is 12.1. The van der Waals surface area contributed by atoms with Crippen LogP contribution in [0.25, 0.3) is 11.1 Å². The highest BCUT2D eigenvalue weighted by molar-refractivity contribution is 9.10. The van der Waals surface area contributed by atoms with Gasteiger partial charge in [-0.15, -0.1) is 0 Å². The van der Waals surface area contributed by atoms with Crippen molar-refractivity contribution in [1.82, 2.24) is 15.0 Å². The molecule has 184 valence electrons. The lowest BCUT2D eigenvalue weighted by Crippen LogP contribution is -2.40. The van der Waals surface area contributed by atoms with Crippen LogP contribution in [-0.2, 0) is 26.0 Å². The van der Waals surface area contributed by atoms with E-state index >= 15 is 0 Å². The monoisotopic (exact) mass is 559 g/mol. The minimum absolute atomic E-state index is 0.00715. The molecule has 35 heavy (non-hydrogen) atoms. The quantitative estimate of drug-likeness (QED) is 0.290. The third kappa shape index (κ3) is 8.27. The van der Waals surface area contributed by atoms with Gasteiger partial charge in [-0.05, 0) is 66.3 Å². The van der Waals surface area contributed by atoms with Gasteiger partial charge >= 0.3 is 5.97 Å². The van der Waals surface area contributed by atoms with Gasteiger partial charge in [0.05, 0.1) is 11.3 Å². The number of hydrogen-bond donors (Lipinski definition) is 3. The van der Waals surface area contributed by atoms with Gasteiger partial charge in [-0.25, -0.2) is 8.42 Å². The van der Waals surface area contributed by atoms with Crippen LogP contribution in [0.15, 0.2) is 82.4 Å². The van der Waals surface area contributed by atoms with Crippen molar-refractivity contribution in [1.29, 1.82) is 0 Å². The fraction of sp³-hybridized carbons (Fsp3) is 0.240. The van der Waals surface area contributed by atoms with Crippen LogP contribution < -0.4 is 10.0 Å². The molecule has 0 aliphatic rings. The number of pyridine rings is 1. The molecule has 0 aliphatic heterocycles. The van der Waals surface area contributed by atoms with Crippen LogP contribution in [0.3, 0.4) is 0 Å². The largest absolute Gasteiger partial charge is 0.480 e. The second-order valence-electron chi connectivity index (χ2n) is 7.93. The third-order valence-electron chi connectivity index (χ3n) is 5.27. The number of nitrogens with zero attached hydrogens (tertiary/aromatic N) is 1. The Morgan fingerprint density at radius 3 is 2.23 bits per heavy atom. The number of halogens is 1. The molecule has 0 aliphatic carbocycles. The molecule has 1 heterocycles. The highest BCUT2D eigenvalue weighted by Gasteiger charge is 2.25. The van der Waals surface area contributed by atoms with E-state index in [9.17, 15) is 23.1 Å². The SMILES string of the molecule is O=C(Cc1cccnc1)NCCCCC(NS(=O)(=O)c1ccc(-c2ccc(Br)cc2)cc1)C(=O)O. The predicted molar refractivity (Wildman–Crippen MR) is 136 cm³/mol. The van der Waals surface area contributed by atoms with Crippen LogP contribution in [0, 0.1) is 0 Å². The Morgan fingerprint density at radius 1 is 0.971 bits per heavy atom. The van der Waals surface area contributed by atoms with Gasteiger partial charge in [0, 0.05) is 23.4 Å². The van der Waals surface area contributed by atoms with Gasteiger partial charge < -0.3 is 10.4 Å². The maximum Gasteiger partial charge on any atom is 0.321 e. The van der Waals surface area contributed by atoms with Gasteiger partial charge in [0.1, 0.15) is 6.04 Å². The zero-order valence-corrected chi connectivity index (χ0v) is 21.3. The second kappa shape index (κ2) is 12.6. The third-order valence-corrected chi connectivity index (χ3v) is 7.28. The molecule has 0 bridgehead atoms. The minimum atomic E-state index is -4.01. The second-order valence-corrected chi connectivity index (χ2v) is 10.6. The number of rotatable bonds is 12. The van der Waals surface area contributed by atoms with E-state index < -0.39 is 22.0 Å². The maximum atomic E-state index is 12.7. The van der Waals surface area contributed by atoms with E-state index in [-0.39, 0.29) is 23.6 Å². The van der Waals surface area contributed by atoms with E-state index in [1.165, 1.54) is 12.1 Å². The Hall–Kier alpha value is -3.08. The molecule has 0 saturated carbocycles. The van der Waals surface area contributed by atoms with Crippen molar-refractivity contribution in [3.05, 3.63) is 83.1 Å². The summed E-state index contributed by atoms with van der Waals surface area (Å²) in [6, 6.07) is 16.2. The van der Waals surface area contributed by atoms with Gasteiger partial charge in [-0.2, -0.15) is 4.72 Å². The van der Waals surface area contributed by atoms with E-state index in [2.05, 4.69) is 31.0 Å². The Balaban J connectivity index is 1.49. The Bertz CT molecular complexity index is 1230. The summed E-state index contributed by atoms with van der Waals surface area (Å²) < 4.78 is 28.7. The molecular weight excluding hydrogens is 534 g/mol. The van der Waals surface area contributed by atoms with Gasteiger partial charge in [0.15, 0.2) is 0 Å². The van der Waals surface area contributed by atoms with Gasteiger partial charge in [0.25, 0.3) is 0 Å². The number of sulfonamides is 1. The average molecular weight is 560 g/mol. The molecule has 3 aromatic rings. The lowest BCUT2D eigenvalue weighted by Gasteiger charge is -2.15. The number of nitrogens with one attached hydrogen (secondary N) is 2. The summed E-state index contributed by atoms with van der Waals surface area (Å²) in [6.07, 6.45) is 4.52. The molecule has 8 nitrogen and oxygen atoms in total. The Morgan fingerprint density at radius 2 is 1.63 bits per heavy atom. The number of aliphatic carboxylic acids is 1. The molecule has 1 atom stereocenters. The maximum absolute atomic E-state index is 12.7. The summed E-state index contributed by atoms with van der Waals surface area (Å²) in [4.78, 5) is 27.6. The summed E-state index contributed by atoms with van der Waals surface area (Å²) in [5.74, 6) is -1.40. The molecule has 0 spiro atoms. The van der Waals surface area contributed by atoms with Crippen LogP contribution in [0.5, 0.6) is 0 Å². The molecule has 3 rings (SSSR count). The predicted octanol–water partition coefficient (Wildman–Crippen LogP) is 3.77. The zero-order valence-electron chi connectivity index (χ0n) is 18.9. The van der Waals surface area contributed by atoms with Crippen LogP contribution in [0.1, 0.15) is 24.8 Å². The Labute approximate surface area is 213 Å². The van der Waals surface area contributed by atoms with Crippen LogP contribution in [-0.4, -0.2) is 43.0 Å². The number of hydrogen-bond acceptors (Lipinski definition) is 5. The van der Waals surface area contributed by atoms with Crippen molar-refractivity contribution in [2.75, 3.05) is 6.54 Å². The molecule has 2 aromatic carbocycles. The van der Waals surface area contributed by atoms with Crippen molar-refractivity contribution >= 4 is 37.8 Å². The highest BCUT2D eigenvalue weighted by atomic mass is 79.9. The number of unbranched alkanes of at least 4 members (excludes halogenated alkanes) is 1. The number of carboxylic acid groups (broad SMARTS) is 1. The van der Waals surface area contributed by atoms with Crippen molar-refractivity contribution in [3.8, 4) is 11.1 Å². The zero-order chi connectivity index (χ0) is 25.3. The topological polar surface area (TPSA) is 125 Å². The number of aromatic nitrogens is 1. The van der Waals surface area contributed by atoms with Gasteiger partial charge in [0.2, 0.25) is 15.9 Å². The molecule has 0 saturated heterocycles. The van der Waals surface area contributed by atoms with Gasteiger partial charge in [-0.1, -0.05) is 46.3 Å². The standard InChI is InChI=1S/C25H26BrN3O5S/c26-21-10-6-19(7-11-21)20-8-12-22(13-9-20)35(33,34)29-23(25(31)32)5-1-2-15-28-24(30)16-18-4-3-14-27-17-18/h3-4,6-14,17,23,29H,1-2,5,15-16H2,(H,28,30)(H,31,32). The van der Waals surface area contributed by atoms with Crippen molar-refractivity contribution in [2.24, 2.45) is 0 Å². The molecule has 1 aromatic heterocycles. The minimum Gasteiger partial charge on any atom is -0.480 e. The van der Waals surface area contributed by atoms with Crippen LogP contribution >= 0.6 is 15.9 Å². The first-order valence-corrected chi connectivity index (χ1v) is 13.3. The first-order valence-electron chi connectivity index (χ1n) is 11.0. The van der Waals surface area contributed by atoms with Gasteiger partial charge in [-0.3, -0.25) is 14.6 Å². The fourth-order valence-corrected chi connectivity index (χ4v) is 4.90. The molecule has 0 radical (unpaired) electrons. The smallest absolute Gasteiger partial charge is 0.321 e. The lowest BCUT2D eigenvalue weighted by molar-refractivity contribution is -0.139. The summed E-state index contributed by atoms with van der Waals surface area (Å²) in [6.45, 7) is 0.371. The summed E-state index contributed by atoms with van der Waals surface area (Å²) in [5.41, 5.74) is 2.58. The van der Waals surface area contributed by atoms with E-state index in [0.717, 1.165) is 21.2 Å². The summed E-state index contributed by atoms with van der Waals surface area (Å²) in [5, 5.41) is 12.3. The molecule has 3 N–H and O–H groups in total. The van der Waals surface area contributed by atoms with E-state index in [0.29, 0.717) is 19.4 Å². The number of carboxylic acids is 1. The summed E-state index contributed by atoms with van der Waals surface area (Å²) >= 11 is 3.38. The van der Waals surface area contributed by atoms with Crippen LogP contribution in [0.2, 0.25) is 0 Å².